The van der Waals surface area contributed by atoms with Crippen LogP contribution in [0.1, 0.15) is 0 Å². The van der Waals surface area contributed by atoms with Gasteiger partial charge < -0.3 is 4.40 Å². The number of hydrogen-bond acceptors (Lipinski definition) is 4. The molecule has 6 aromatic carbocycles. The van der Waals surface area contributed by atoms with Crippen LogP contribution in [0.25, 0.3) is 93.0 Å². The smallest absolute Gasteiger partial charge is 0.160 e. The van der Waals surface area contributed by atoms with Crippen molar-refractivity contribution in [2.24, 2.45) is 0 Å². The largest absolute Gasteiger partial charge is 0.308 e. The molecule has 0 N–H and O–H groups in total. The van der Waals surface area contributed by atoms with Crippen LogP contribution in [0.4, 0.5) is 0 Å². The van der Waals surface area contributed by atoms with Crippen LogP contribution in [0.3, 0.4) is 0 Å². The van der Waals surface area contributed by atoms with Gasteiger partial charge in [0.2, 0.25) is 0 Å². The lowest BCUT2D eigenvalue weighted by atomic mass is 9.98. The van der Waals surface area contributed by atoms with Gasteiger partial charge in [-0.05, 0) is 47.5 Å². The van der Waals surface area contributed by atoms with Crippen molar-refractivity contribution in [2.45, 2.75) is 0 Å². The molecule has 0 radical (unpaired) electrons. The third-order valence-electron chi connectivity index (χ3n) is 8.87. The van der Waals surface area contributed by atoms with E-state index < -0.39 is 0 Å². The van der Waals surface area contributed by atoms with Gasteiger partial charge in [0.15, 0.2) is 5.82 Å². The molecule has 4 aromatic heterocycles. The molecule has 0 atom stereocenters. The molecular formula is C39H22N4S. The molecule has 0 aliphatic rings. The maximum atomic E-state index is 5.12. The van der Waals surface area contributed by atoms with Crippen molar-refractivity contribution in [3.05, 3.63) is 133 Å². The quantitative estimate of drug-likeness (QED) is 0.209. The Kier molecular flexibility index (Phi) is 4.84. The van der Waals surface area contributed by atoms with Gasteiger partial charge in [0.25, 0.3) is 0 Å². The van der Waals surface area contributed by atoms with Crippen LogP contribution < -0.4 is 0 Å². The zero-order valence-corrected chi connectivity index (χ0v) is 24.2. The van der Waals surface area contributed by atoms with E-state index >= 15 is 0 Å². The topological polar surface area (TPSA) is 43.1 Å². The Morgan fingerprint density at radius 1 is 0.500 bits per heavy atom. The van der Waals surface area contributed by atoms with Gasteiger partial charge in [0, 0.05) is 38.1 Å². The summed E-state index contributed by atoms with van der Waals surface area (Å²) >= 11 is 1.72. The highest BCUT2D eigenvalue weighted by atomic mass is 32.1. The number of nitrogens with zero attached hydrogens (tertiary/aromatic N) is 4. The second kappa shape index (κ2) is 8.93. The van der Waals surface area contributed by atoms with Crippen molar-refractivity contribution in [3.8, 4) is 33.8 Å². The molecule has 0 saturated carbocycles. The van der Waals surface area contributed by atoms with Gasteiger partial charge >= 0.3 is 0 Å². The van der Waals surface area contributed by atoms with Crippen LogP contribution in [-0.4, -0.2) is 19.4 Å². The van der Waals surface area contributed by atoms with E-state index in [1.165, 1.54) is 48.4 Å². The summed E-state index contributed by atoms with van der Waals surface area (Å²) in [5.41, 5.74) is 13.1. The third kappa shape index (κ3) is 3.30. The fourth-order valence-corrected chi connectivity index (χ4v) is 7.74. The number of fused-ring (bicyclic) bond motifs is 9. The first-order chi connectivity index (χ1) is 21.8. The van der Waals surface area contributed by atoms with E-state index in [9.17, 15) is 0 Å². The standard InChI is InChI=1S/C39H22N4S/c1-2-9-23(10-3-1)39-41-31-15-6-4-14-28(31)36(42-39)26-12-8-11-24(19-26)25-17-18-34-30(20-25)35-37-29(21-32-38(35)44-22-40-32)27-13-5-7-16-33(27)43(34)37/h1-22H. The number of rotatable bonds is 3. The fraction of sp³-hybridized carbons (Fsp3) is 0. The zero-order chi connectivity index (χ0) is 28.8. The predicted octanol–water partition coefficient (Wildman–Crippen LogP) is 10.4. The lowest BCUT2D eigenvalue weighted by Gasteiger charge is -2.11. The summed E-state index contributed by atoms with van der Waals surface area (Å²) in [4.78, 5) is 14.8. The average Bonchev–Trinajstić information content (AvgIpc) is 3.79. The van der Waals surface area contributed by atoms with E-state index in [0.717, 1.165) is 44.6 Å². The lowest BCUT2D eigenvalue weighted by molar-refractivity contribution is 1.23. The SMILES string of the molecule is c1ccc(-c2nc(-c3cccc(-c4ccc5c(c4)c4c6scnc6cc6c7ccccc7n5c64)c3)c3ccccc3n2)cc1. The Hall–Kier alpha value is -5.65. The van der Waals surface area contributed by atoms with E-state index in [-0.39, 0.29) is 0 Å². The van der Waals surface area contributed by atoms with Crippen LogP contribution in [0.5, 0.6) is 0 Å². The Morgan fingerprint density at radius 3 is 2.18 bits per heavy atom. The molecule has 4 nitrogen and oxygen atoms in total. The maximum absolute atomic E-state index is 5.12. The van der Waals surface area contributed by atoms with Crippen LogP contribution >= 0.6 is 11.3 Å². The first-order valence-corrected chi connectivity index (χ1v) is 15.6. The number of benzene rings is 6. The molecule has 0 unspecified atom stereocenters. The summed E-state index contributed by atoms with van der Waals surface area (Å²) < 4.78 is 3.68. The molecule has 0 aliphatic carbocycles. The first kappa shape index (κ1) is 23.9. The van der Waals surface area contributed by atoms with Crippen molar-refractivity contribution in [1.82, 2.24) is 19.4 Å². The van der Waals surface area contributed by atoms with Crippen molar-refractivity contribution in [1.29, 1.82) is 0 Å². The van der Waals surface area contributed by atoms with Gasteiger partial charge in [0.05, 0.1) is 43.5 Å². The van der Waals surface area contributed by atoms with Gasteiger partial charge in [0.1, 0.15) is 0 Å². The number of para-hydroxylation sites is 2. The van der Waals surface area contributed by atoms with E-state index in [1.54, 1.807) is 11.3 Å². The molecule has 0 saturated heterocycles. The van der Waals surface area contributed by atoms with Crippen molar-refractivity contribution in [2.75, 3.05) is 0 Å². The number of thiazole rings is 1. The van der Waals surface area contributed by atoms with Crippen molar-refractivity contribution in [3.63, 3.8) is 0 Å². The molecule has 5 heteroatoms. The molecule has 10 rings (SSSR count). The highest BCUT2D eigenvalue weighted by molar-refractivity contribution is 7.18. The van der Waals surface area contributed by atoms with Gasteiger partial charge in [-0.1, -0.05) is 91.0 Å². The molecule has 0 fully saturated rings. The third-order valence-corrected chi connectivity index (χ3v) is 9.72. The summed E-state index contributed by atoms with van der Waals surface area (Å²) in [5, 5.41) is 6.13. The average molecular weight is 579 g/mol. The first-order valence-electron chi connectivity index (χ1n) is 14.7. The van der Waals surface area contributed by atoms with E-state index in [2.05, 4.69) is 108 Å². The normalized spacial score (nSPS) is 12.1. The molecule has 44 heavy (non-hydrogen) atoms. The summed E-state index contributed by atoms with van der Waals surface area (Å²) in [6.45, 7) is 0. The number of hydrogen-bond donors (Lipinski definition) is 0. The van der Waals surface area contributed by atoms with Crippen LogP contribution in [-0.2, 0) is 0 Å². The molecular weight excluding hydrogens is 557 g/mol. The second-order valence-electron chi connectivity index (χ2n) is 11.3. The predicted molar refractivity (Wildman–Crippen MR) is 184 cm³/mol. The van der Waals surface area contributed by atoms with Gasteiger partial charge in [-0.3, -0.25) is 0 Å². The summed E-state index contributed by atoms with van der Waals surface area (Å²) in [5.74, 6) is 0.734. The van der Waals surface area contributed by atoms with E-state index in [1.807, 2.05) is 29.8 Å². The monoisotopic (exact) mass is 578 g/mol. The number of aromatic nitrogens is 4. The molecule has 0 aliphatic heterocycles. The van der Waals surface area contributed by atoms with Crippen LogP contribution in [0, 0.1) is 0 Å². The Labute approximate surface area is 255 Å². The second-order valence-corrected chi connectivity index (χ2v) is 12.1. The molecule has 0 bridgehead atoms. The summed E-state index contributed by atoms with van der Waals surface area (Å²) in [6, 6.07) is 45.1. The van der Waals surface area contributed by atoms with Gasteiger partial charge in [-0.2, -0.15) is 0 Å². The van der Waals surface area contributed by atoms with Crippen molar-refractivity contribution >= 4 is 70.6 Å². The molecule has 0 spiro atoms. The van der Waals surface area contributed by atoms with E-state index in [4.69, 9.17) is 15.0 Å². The minimum absolute atomic E-state index is 0.734. The molecule has 10 aromatic rings. The highest BCUT2D eigenvalue weighted by Crippen LogP contribution is 2.45. The van der Waals surface area contributed by atoms with Gasteiger partial charge in [-0.25, -0.2) is 15.0 Å². The Morgan fingerprint density at radius 2 is 1.25 bits per heavy atom. The minimum atomic E-state index is 0.734. The van der Waals surface area contributed by atoms with Gasteiger partial charge in [-0.15, -0.1) is 11.3 Å². The maximum Gasteiger partial charge on any atom is 0.160 e. The minimum Gasteiger partial charge on any atom is -0.308 e. The fourth-order valence-electron chi connectivity index (χ4n) is 6.92. The summed E-state index contributed by atoms with van der Waals surface area (Å²) in [6.07, 6.45) is 0. The summed E-state index contributed by atoms with van der Waals surface area (Å²) in [7, 11) is 0. The Balaban J connectivity index is 1.21. The van der Waals surface area contributed by atoms with E-state index in [0.29, 0.717) is 0 Å². The van der Waals surface area contributed by atoms with Crippen molar-refractivity contribution < 1.29 is 0 Å². The molecule has 204 valence electrons. The molecule has 0 amide bonds. The zero-order valence-electron chi connectivity index (χ0n) is 23.4. The van der Waals surface area contributed by atoms with Crippen LogP contribution in [0.2, 0.25) is 0 Å². The Bertz CT molecular complexity index is 2720. The molecule has 4 heterocycles. The van der Waals surface area contributed by atoms with Crippen LogP contribution in [0.15, 0.2) is 133 Å². The highest BCUT2D eigenvalue weighted by Gasteiger charge is 2.21. The lowest BCUT2D eigenvalue weighted by Crippen LogP contribution is -1.95.